The predicted molar refractivity (Wildman–Crippen MR) is 83.4 cm³/mol. The molecule has 0 aromatic carbocycles. The molecule has 116 valence electrons. The highest BCUT2D eigenvalue weighted by atomic mass is 16.2. The van der Waals surface area contributed by atoms with Gasteiger partial charge < -0.3 is 9.80 Å². The number of carbonyl (C=O) groups is 1. The molecule has 1 saturated carbocycles. The van der Waals surface area contributed by atoms with Crippen molar-refractivity contribution in [3.8, 4) is 6.07 Å². The van der Waals surface area contributed by atoms with Crippen LogP contribution in [0.3, 0.4) is 0 Å². The number of piperidine rings is 1. The van der Waals surface area contributed by atoms with E-state index in [1.165, 1.54) is 25.7 Å². The molecule has 0 aromatic heterocycles. The van der Waals surface area contributed by atoms with E-state index in [0.717, 1.165) is 32.2 Å². The number of rotatable bonds is 3. The highest BCUT2D eigenvalue weighted by Gasteiger charge is 2.25. The lowest BCUT2D eigenvalue weighted by Crippen LogP contribution is -2.40. The van der Waals surface area contributed by atoms with Gasteiger partial charge in [-0.05, 0) is 39.0 Å². The zero-order chi connectivity index (χ0) is 15.2. The second-order valence-corrected chi connectivity index (χ2v) is 6.45. The first-order valence-corrected chi connectivity index (χ1v) is 8.28. The molecule has 1 aliphatic heterocycles. The zero-order valence-electron chi connectivity index (χ0n) is 13.3. The molecule has 0 N–H and O–H groups in total. The van der Waals surface area contributed by atoms with Gasteiger partial charge in [0.05, 0.1) is 0 Å². The third kappa shape index (κ3) is 4.00. The second-order valence-electron chi connectivity index (χ2n) is 6.45. The molecule has 1 atom stereocenters. The van der Waals surface area contributed by atoms with Crippen LogP contribution in [0.5, 0.6) is 0 Å². The molecule has 2 rings (SSSR count). The van der Waals surface area contributed by atoms with Crippen LogP contribution in [0.2, 0.25) is 0 Å². The first kappa shape index (κ1) is 15.9. The van der Waals surface area contributed by atoms with E-state index in [0.29, 0.717) is 12.1 Å². The molecule has 1 saturated heterocycles. The van der Waals surface area contributed by atoms with E-state index in [-0.39, 0.29) is 11.5 Å². The first-order chi connectivity index (χ1) is 10.1. The average Bonchev–Trinajstić information content (AvgIpc) is 2.53. The summed E-state index contributed by atoms with van der Waals surface area (Å²) in [5.41, 5.74) is 0.289. The Kier molecular flexibility index (Phi) is 5.67. The van der Waals surface area contributed by atoms with Crippen molar-refractivity contribution in [1.29, 1.82) is 5.26 Å². The van der Waals surface area contributed by atoms with Crippen molar-refractivity contribution < 1.29 is 4.79 Å². The minimum absolute atomic E-state index is 0.109. The molecule has 0 aromatic rings. The van der Waals surface area contributed by atoms with Gasteiger partial charge in [0.15, 0.2) is 0 Å². The zero-order valence-corrected chi connectivity index (χ0v) is 13.3. The quantitative estimate of drug-likeness (QED) is 0.592. The Balaban J connectivity index is 2.05. The van der Waals surface area contributed by atoms with Gasteiger partial charge in [0, 0.05) is 31.9 Å². The van der Waals surface area contributed by atoms with Crippen molar-refractivity contribution in [2.45, 2.75) is 70.4 Å². The van der Waals surface area contributed by atoms with E-state index >= 15 is 0 Å². The Hall–Kier alpha value is -1.50. The number of likely N-dealkylation sites (tertiary alicyclic amines) is 1. The van der Waals surface area contributed by atoms with Gasteiger partial charge in [0.1, 0.15) is 11.6 Å². The maximum Gasteiger partial charge on any atom is 0.265 e. The van der Waals surface area contributed by atoms with Gasteiger partial charge in [-0.25, -0.2) is 0 Å². The van der Waals surface area contributed by atoms with Crippen LogP contribution in [0, 0.1) is 11.3 Å². The molecule has 0 spiro atoms. The monoisotopic (exact) mass is 289 g/mol. The Morgan fingerprint density at radius 1 is 1.19 bits per heavy atom. The molecule has 0 bridgehead atoms. The third-order valence-electron chi connectivity index (χ3n) is 4.94. The van der Waals surface area contributed by atoms with E-state index in [1.807, 2.05) is 7.05 Å². The number of carbonyl (C=O) groups excluding carboxylic acids is 1. The van der Waals surface area contributed by atoms with E-state index in [2.05, 4.69) is 17.9 Å². The van der Waals surface area contributed by atoms with Crippen molar-refractivity contribution in [3.63, 3.8) is 0 Å². The lowest BCUT2D eigenvalue weighted by molar-refractivity contribution is -0.128. The molecule has 2 fully saturated rings. The van der Waals surface area contributed by atoms with Crippen LogP contribution in [0.1, 0.15) is 58.3 Å². The molecule has 0 radical (unpaired) electrons. The molecule has 2 aliphatic rings. The Morgan fingerprint density at radius 2 is 1.86 bits per heavy atom. The minimum atomic E-state index is -0.109. The second kappa shape index (κ2) is 7.49. The number of nitriles is 1. The maximum atomic E-state index is 12.6. The fourth-order valence-corrected chi connectivity index (χ4v) is 3.43. The summed E-state index contributed by atoms with van der Waals surface area (Å²) in [4.78, 5) is 16.5. The molecule has 4 heteroatoms. The van der Waals surface area contributed by atoms with Crippen LogP contribution in [-0.2, 0) is 4.79 Å². The Labute approximate surface area is 128 Å². The largest absolute Gasteiger partial charge is 0.373 e. The van der Waals surface area contributed by atoms with Crippen LogP contribution in [0.25, 0.3) is 0 Å². The lowest BCUT2D eigenvalue weighted by atomic mass is 9.94. The summed E-state index contributed by atoms with van der Waals surface area (Å²) in [5.74, 6) is -0.109. The van der Waals surface area contributed by atoms with Gasteiger partial charge in [-0.3, -0.25) is 4.79 Å². The SMILES string of the molecule is CC1CCCCN1/C=C(/C#N)C(=O)N(C)C1CCCCC1. The number of likely N-dealkylation sites (N-methyl/N-ethyl adjacent to an activating group) is 1. The van der Waals surface area contributed by atoms with Crippen LogP contribution in [0.15, 0.2) is 11.8 Å². The molecule has 1 heterocycles. The van der Waals surface area contributed by atoms with Crippen molar-refractivity contribution in [3.05, 3.63) is 11.8 Å². The third-order valence-corrected chi connectivity index (χ3v) is 4.94. The Bertz CT molecular complexity index is 432. The molecular weight excluding hydrogens is 262 g/mol. The predicted octanol–water partition coefficient (Wildman–Crippen LogP) is 3.06. The molecule has 21 heavy (non-hydrogen) atoms. The summed E-state index contributed by atoms with van der Waals surface area (Å²) in [6.07, 6.45) is 11.1. The number of amides is 1. The highest BCUT2D eigenvalue weighted by molar-refractivity contribution is 5.97. The smallest absolute Gasteiger partial charge is 0.265 e. The fourth-order valence-electron chi connectivity index (χ4n) is 3.43. The van der Waals surface area contributed by atoms with E-state index in [4.69, 9.17) is 0 Å². The molecule has 1 unspecified atom stereocenters. The fraction of sp³-hybridized carbons (Fsp3) is 0.765. The summed E-state index contributed by atoms with van der Waals surface area (Å²) < 4.78 is 0. The first-order valence-electron chi connectivity index (χ1n) is 8.28. The summed E-state index contributed by atoms with van der Waals surface area (Å²) in [5, 5.41) is 9.37. The van der Waals surface area contributed by atoms with Gasteiger partial charge in [-0.2, -0.15) is 5.26 Å². The van der Waals surface area contributed by atoms with Crippen LogP contribution in [-0.4, -0.2) is 41.4 Å². The maximum absolute atomic E-state index is 12.6. The summed E-state index contributed by atoms with van der Waals surface area (Å²) in [7, 11) is 1.85. The van der Waals surface area contributed by atoms with Crippen LogP contribution < -0.4 is 0 Å². The van der Waals surface area contributed by atoms with Crippen molar-refractivity contribution in [2.75, 3.05) is 13.6 Å². The summed E-state index contributed by atoms with van der Waals surface area (Å²) in [6.45, 7) is 3.12. The van der Waals surface area contributed by atoms with E-state index in [1.54, 1.807) is 11.1 Å². The van der Waals surface area contributed by atoms with Crippen LogP contribution >= 0.6 is 0 Å². The normalized spacial score (nSPS) is 24.5. The van der Waals surface area contributed by atoms with Gasteiger partial charge >= 0.3 is 0 Å². The highest BCUT2D eigenvalue weighted by Crippen LogP contribution is 2.23. The topological polar surface area (TPSA) is 47.3 Å². The van der Waals surface area contributed by atoms with E-state index in [9.17, 15) is 10.1 Å². The Morgan fingerprint density at radius 3 is 2.48 bits per heavy atom. The molecule has 4 nitrogen and oxygen atoms in total. The average molecular weight is 289 g/mol. The van der Waals surface area contributed by atoms with Crippen molar-refractivity contribution >= 4 is 5.91 Å². The standard InChI is InChI=1S/C17H27N3O/c1-14-8-6-7-11-20(14)13-15(12-18)17(21)19(2)16-9-4-3-5-10-16/h13-14,16H,3-11H2,1-2H3/b15-13-. The minimum Gasteiger partial charge on any atom is -0.373 e. The van der Waals surface area contributed by atoms with Gasteiger partial charge in [0.25, 0.3) is 5.91 Å². The van der Waals surface area contributed by atoms with Crippen molar-refractivity contribution in [2.24, 2.45) is 0 Å². The summed E-state index contributed by atoms with van der Waals surface area (Å²) in [6, 6.07) is 2.85. The number of nitrogens with zero attached hydrogens (tertiary/aromatic N) is 3. The molecule has 1 amide bonds. The lowest BCUT2D eigenvalue weighted by Gasteiger charge is -2.34. The molecular formula is C17H27N3O. The van der Waals surface area contributed by atoms with E-state index < -0.39 is 0 Å². The van der Waals surface area contributed by atoms with Gasteiger partial charge in [-0.1, -0.05) is 19.3 Å². The number of hydrogen-bond acceptors (Lipinski definition) is 3. The van der Waals surface area contributed by atoms with Crippen LogP contribution in [0.4, 0.5) is 0 Å². The molecule has 1 aliphatic carbocycles. The van der Waals surface area contributed by atoms with Gasteiger partial charge in [0.2, 0.25) is 0 Å². The van der Waals surface area contributed by atoms with Crippen molar-refractivity contribution in [1.82, 2.24) is 9.80 Å². The number of hydrogen-bond donors (Lipinski definition) is 0. The summed E-state index contributed by atoms with van der Waals surface area (Å²) >= 11 is 0. The van der Waals surface area contributed by atoms with Gasteiger partial charge in [-0.15, -0.1) is 0 Å².